The van der Waals surface area contributed by atoms with Crippen molar-refractivity contribution in [3.63, 3.8) is 0 Å². The first-order valence-corrected chi connectivity index (χ1v) is 7.69. The van der Waals surface area contributed by atoms with Crippen LogP contribution in [0.25, 0.3) is 0 Å². The lowest BCUT2D eigenvalue weighted by Crippen LogP contribution is -2.28. The lowest BCUT2D eigenvalue weighted by molar-refractivity contribution is 0.112. The molecule has 0 spiro atoms. The Bertz CT molecular complexity index is 462. The van der Waals surface area contributed by atoms with E-state index in [1.807, 2.05) is 0 Å². The number of fused-ring (bicyclic) bond motifs is 2. The van der Waals surface area contributed by atoms with Gasteiger partial charge in [0.25, 0.3) is 0 Å². The third-order valence-corrected chi connectivity index (χ3v) is 5.92. The number of hydrogen-bond acceptors (Lipinski definition) is 4. The van der Waals surface area contributed by atoms with E-state index in [-0.39, 0.29) is 0 Å². The highest BCUT2D eigenvalue weighted by molar-refractivity contribution is 7.17. The molecule has 3 atom stereocenters. The van der Waals surface area contributed by atoms with E-state index in [0.717, 1.165) is 35.7 Å². The zero-order valence-electron chi connectivity index (χ0n) is 10.4. The van der Waals surface area contributed by atoms with Gasteiger partial charge in [0.2, 0.25) is 0 Å². The molecular formula is C13H17ClN2OS. The van der Waals surface area contributed by atoms with Gasteiger partial charge in [-0.2, -0.15) is 0 Å². The van der Waals surface area contributed by atoms with Crippen LogP contribution in [0.15, 0.2) is 0 Å². The molecule has 0 amide bonds. The Hall–Kier alpha value is -0.610. The van der Waals surface area contributed by atoms with Gasteiger partial charge in [0.1, 0.15) is 4.88 Å². The summed E-state index contributed by atoms with van der Waals surface area (Å²) in [4.78, 5) is 17.7. The molecule has 1 aromatic rings. The first-order chi connectivity index (χ1) is 8.67. The Morgan fingerprint density at radius 1 is 1.50 bits per heavy atom. The number of rotatable bonds is 4. The number of carbonyl (C=O) groups excluding carboxylic acids is 1. The van der Waals surface area contributed by atoms with Crippen LogP contribution in [0.3, 0.4) is 0 Å². The Morgan fingerprint density at radius 2 is 2.33 bits per heavy atom. The number of carbonyl (C=O) groups is 1. The zero-order chi connectivity index (χ0) is 12.7. The van der Waals surface area contributed by atoms with Gasteiger partial charge in [-0.25, -0.2) is 4.98 Å². The summed E-state index contributed by atoms with van der Waals surface area (Å²) >= 11 is 7.30. The molecule has 0 aromatic carbocycles. The SMILES string of the molecule is CN(CC1CC2CCC1C2)c1nc(Cl)c(C=O)s1. The fourth-order valence-corrected chi connectivity index (χ4v) is 4.60. The molecule has 2 aliphatic rings. The van der Waals surface area contributed by atoms with Crippen molar-refractivity contribution >= 4 is 34.4 Å². The van der Waals surface area contributed by atoms with Crippen molar-refractivity contribution in [1.82, 2.24) is 4.98 Å². The molecular weight excluding hydrogens is 268 g/mol. The highest BCUT2D eigenvalue weighted by atomic mass is 35.5. The molecule has 2 saturated carbocycles. The van der Waals surface area contributed by atoms with Crippen molar-refractivity contribution in [2.24, 2.45) is 17.8 Å². The number of hydrogen-bond donors (Lipinski definition) is 0. The maximum Gasteiger partial charge on any atom is 0.187 e. The Labute approximate surface area is 116 Å². The molecule has 3 unspecified atom stereocenters. The third-order valence-electron chi connectivity index (χ3n) is 4.42. The Morgan fingerprint density at radius 3 is 2.89 bits per heavy atom. The van der Waals surface area contributed by atoms with E-state index in [1.54, 1.807) is 0 Å². The molecule has 98 valence electrons. The van der Waals surface area contributed by atoms with Crippen LogP contribution in [-0.2, 0) is 0 Å². The van der Waals surface area contributed by atoms with Crippen molar-refractivity contribution < 1.29 is 4.79 Å². The van der Waals surface area contributed by atoms with Crippen molar-refractivity contribution in [1.29, 1.82) is 0 Å². The summed E-state index contributed by atoms with van der Waals surface area (Å²) in [6, 6.07) is 0. The van der Waals surface area contributed by atoms with Crippen molar-refractivity contribution in [2.45, 2.75) is 25.7 Å². The maximum absolute atomic E-state index is 10.8. The van der Waals surface area contributed by atoms with Crippen LogP contribution < -0.4 is 4.90 Å². The van der Waals surface area contributed by atoms with Crippen LogP contribution in [0.4, 0.5) is 5.13 Å². The first kappa shape index (κ1) is 12.4. The standard InChI is InChI=1S/C13H17ClN2OS/c1-16(13-15-12(14)11(7-17)18-13)6-10-5-8-2-3-9(10)4-8/h7-10H,2-6H2,1H3. The highest BCUT2D eigenvalue weighted by Gasteiger charge is 2.39. The van der Waals surface area contributed by atoms with Crippen molar-refractivity contribution in [2.75, 3.05) is 18.5 Å². The Balaban J connectivity index is 1.67. The molecule has 3 rings (SSSR count). The highest BCUT2D eigenvalue weighted by Crippen LogP contribution is 2.48. The fourth-order valence-electron chi connectivity index (χ4n) is 3.57. The predicted octanol–water partition coefficient (Wildman–Crippen LogP) is 3.48. The van der Waals surface area contributed by atoms with Crippen LogP contribution in [0.2, 0.25) is 5.15 Å². The van der Waals surface area contributed by atoms with Gasteiger partial charge in [-0.15, -0.1) is 0 Å². The predicted molar refractivity (Wildman–Crippen MR) is 74.7 cm³/mol. The van der Waals surface area contributed by atoms with Crippen molar-refractivity contribution in [3.8, 4) is 0 Å². The second-order valence-electron chi connectivity index (χ2n) is 5.58. The van der Waals surface area contributed by atoms with Gasteiger partial charge in [0, 0.05) is 13.6 Å². The molecule has 1 aromatic heterocycles. The number of thiazole rings is 1. The average molecular weight is 285 g/mol. The number of aromatic nitrogens is 1. The van der Waals surface area contributed by atoms with Crippen LogP contribution in [-0.4, -0.2) is 24.9 Å². The number of halogens is 1. The smallest absolute Gasteiger partial charge is 0.187 e. The molecule has 0 N–H and O–H groups in total. The summed E-state index contributed by atoms with van der Waals surface area (Å²) in [7, 11) is 2.05. The summed E-state index contributed by atoms with van der Waals surface area (Å²) in [6.07, 6.45) is 6.42. The third kappa shape index (κ3) is 2.16. The van der Waals surface area contributed by atoms with E-state index in [9.17, 15) is 4.79 Å². The number of aldehydes is 1. The van der Waals surface area contributed by atoms with E-state index in [1.165, 1.54) is 37.0 Å². The zero-order valence-corrected chi connectivity index (χ0v) is 12.0. The van der Waals surface area contributed by atoms with Gasteiger partial charge in [0.15, 0.2) is 16.6 Å². The van der Waals surface area contributed by atoms with E-state index in [0.29, 0.717) is 10.0 Å². The molecule has 2 fully saturated rings. The van der Waals surface area contributed by atoms with Gasteiger partial charge >= 0.3 is 0 Å². The number of nitrogens with zero attached hydrogens (tertiary/aromatic N) is 2. The quantitative estimate of drug-likeness (QED) is 0.794. The minimum Gasteiger partial charge on any atom is -0.351 e. The molecule has 0 aliphatic heterocycles. The lowest BCUT2D eigenvalue weighted by atomic mass is 9.88. The van der Waals surface area contributed by atoms with Crippen LogP contribution >= 0.6 is 22.9 Å². The van der Waals surface area contributed by atoms with E-state index >= 15 is 0 Å². The molecule has 5 heteroatoms. The molecule has 2 bridgehead atoms. The second-order valence-corrected chi connectivity index (χ2v) is 6.95. The largest absolute Gasteiger partial charge is 0.351 e. The van der Waals surface area contributed by atoms with E-state index < -0.39 is 0 Å². The molecule has 0 radical (unpaired) electrons. The minimum absolute atomic E-state index is 0.338. The van der Waals surface area contributed by atoms with Gasteiger partial charge in [-0.05, 0) is 37.0 Å². The summed E-state index contributed by atoms with van der Waals surface area (Å²) in [5.41, 5.74) is 0. The lowest BCUT2D eigenvalue weighted by Gasteiger charge is -2.26. The van der Waals surface area contributed by atoms with Crippen LogP contribution in [0, 0.1) is 17.8 Å². The summed E-state index contributed by atoms with van der Waals surface area (Å²) in [5, 5.41) is 1.20. The molecule has 3 nitrogen and oxygen atoms in total. The van der Waals surface area contributed by atoms with Crippen molar-refractivity contribution in [3.05, 3.63) is 10.0 Å². The topological polar surface area (TPSA) is 33.2 Å². The first-order valence-electron chi connectivity index (χ1n) is 6.50. The van der Waals surface area contributed by atoms with Gasteiger partial charge < -0.3 is 4.90 Å². The number of anilines is 1. The summed E-state index contributed by atoms with van der Waals surface area (Å²) in [5.74, 6) is 2.69. The van der Waals surface area contributed by atoms with Crippen LogP contribution in [0.5, 0.6) is 0 Å². The second kappa shape index (κ2) is 4.82. The van der Waals surface area contributed by atoms with Gasteiger partial charge in [-0.3, -0.25) is 4.79 Å². The monoisotopic (exact) mass is 284 g/mol. The molecule has 0 saturated heterocycles. The fraction of sp³-hybridized carbons (Fsp3) is 0.692. The minimum atomic E-state index is 0.338. The molecule has 2 aliphatic carbocycles. The van der Waals surface area contributed by atoms with Gasteiger partial charge in [-0.1, -0.05) is 29.4 Å². The van der Waals surface area contributed by atoms with Gasteiger partial charge in [0.05, 0.1) is 0 Å². The maximum atomic E-state index is 10.8. The average Bonchev–Trinajstić information content (AvgIpc) is 3.03. The molecule has 1 heterocycles. The van der Waals surface area contributed by atoms with E-state index in [2.05, 4.69) is 16.9 Å². The Kier molecular flexibility index (Phi) is 3.32. The van der Waals surface area contributed by atoms with E-state index in [4.69, 9.17) is 11.6 Å². The summed E-state index contributed by atoms with van der Waals surface area (Å²) < 4.78 is 0. The molecule has 18 heavy (non-hydrogen) atoms. The van der Waals surface area contributed by atoms with Crippen LogP contribution in [0.1, 0.15) is 35.4 Å². The summed E-state index contributed by atoms with van der Waals surface area (Å²) in [6.45, 7) is 1.04. The normalized spacial score (nSPS) is 29.8.